The zero-order chi connectivity index (χ0) is 16.3. The van der Waals surface area contributed by atoms with Crippen LogP contribution >= 0.6 is 0 Å². The van der Waals surface area contributed by atoms with Crippen molar-refractivity contribution in [1.29, 1.82) is 0 Å². The van der Waals surface area contributed by atoms with E-state index in [9.17, 15) is 13.2 Å². The van der Waals surface area contributed by atoms with Gasteiger partial charge in [0.15, 0.2) is 9.84 Å². The molecule has 2 saturated heterocycles. The maximum absolute atomic E-state index is 12.5. The molecule has 3 aliphatic rings. The Balaban J connectivity index is 1.44. The zero-order valence-electron chi connectivity index (χ0n) is 14.0. The Bertz CT molecular complexity index is 504. The highest BCUT2D eigenvalue weighted by molar-refractivity contribution is 7.91. The molecule has 0 aromatic heterocycles. The van der Waals surface area contributed by atoms with Crippen molar-refractivity contribution in [2.24, 2.45) is 5.92 Å². The predicted octanol–water partition coefficient (Wildman–Crippen LogP) is 1.72. The fraction of sp³-hybridized carbons (Fsp3) is 0.941. The first-order chi connectivity index (χ1) is 11.0. The van der Waals surface area contributed by atoms with Crippen molar-refractivity contribution in [3.63, 3.8) is 0 Å². The summed E-state index contributed by atoms with van der Waals surface area (Å²) in [6.45, 7) is 1.73. The van der Waals surface area contributed by atoms with Crippen molar-refractivity contribution in [1.82, 2.24) is 10.2 Å². The number of nitrogens with zero attached hydrogens (tertiary/aromatic N) is 1. The average Bonchev–Trinajstić information content (AvgIpc) is 2.74. The average molecular weight is 343 g/mol. The molecule has 1 saturated carbocycles. The summed E-state index contributed by atoms with van der Waals surface area (Å²) in [5, 5.41) is 3.27. The standard InChI is InChI=1S/C17H30N2O3S/c20-17(18-15-5-3-1-2-4-6-15)14-7-10-19(11-8-14)16-9-12-23(21,22)13-16/h14-16H,1-13H2,(H,18,20)/t16-/m1/s1. The van der Waals surface area contributed by atoms with E-state index < -0.39 is 9.84 Å². The van der Waals surface area contributed by atoms with Crippen LogP contribution in [-0.2, 0) is 14.6 Å². The number of likely N-dealkylation sites (tertiary alicyclic amines) is 1. The van der Waals surface area contributed by atoms with Gasteiger partial charge in [0.2, 0.25) is 5.91 Å². The Hall–Kier alpha value is -0.620. The lowest BCUT2D eigenvalue weighted by Crippen LogP contribution is -2.46. The van der Waals surface area contributed by atoms with Crippen molar-refractivity contribution in [3.8, 4) is 0 Å². The molecule has 3 rings (SSSR count). The van der Waals surface area contributed by atoms with Crippen LogP contribution in [0.2, 0.25) is 0 Å². The smallest absolute Gasteiger partial charge is 0.223 e. The topological polar surface area (TPSA) is 66.5 Å². The van der Waals surface area contributed by atoms with Crippen molar-refractivity contribution < 1.29 is 13.2 Å². The number of rotatable bonds is 3. The van der Waals surface area contributed by atoms with Gasteiger partial charge < -0.3 is 5.32 Å². The molecule has 0 aromatic carbocycles. The molecule has 0 radical (unpaired) electrons. The van der Waals surface area contributed by atoms with Crippen molar-refractivity contribution in [3.05, 3.63) is 0 Å². The summed E-state index contributed by atoms with van der Waals surface area (Å²) in [4.78, 5) is 14.8. The van der Waals surface area contributed by atoms with Gasteiger partial charge in [0.05, 0.1) is 11.5 Å². The molecular weight excluding hydrogens is 312 g/mol. The van der Waals surface area contributed by atoms with E-state index in [0.29, 0.717) is 17.5 Å². The number of hydrogen-bond acceptors (Lipinski definition) is 4. The Morgan fingerprint density at radius 1 is 0.913 bits per heavy atom. The number of carbonyl (C=O) groups excluding carboxylic acids is 1. The number of carbonyl (C=O) groups is 1. The zero-order valence-corrected chi connectivity index (χ0v) is 14.8. The van der Waals surface area contributed by atoms with Gasteiger partial charge >= 0.3 is 0 Å². The third-order valence-corrected chi connectivity index (χ3v) is 7.58. The lowest BCUT2D eigenvalue weighted by atomic mass is 9.94. The van der Waals surface area contributed by atoms with E-state index in [4.69, 9.17) is 0 Å². The van der Waals surface area contributed by atoms with Gasteiger partial charge in [-0.05, 0) is 45.2 Å². The van der Waals surface area contributed by atoms with E-state index in [1.54, 1.807) is 0 Å². The lowest BCUT2D eigenvalue weighted by molar-refractivity contribution is -0.127. The maximum Gasteiger partial charge on any atom is 0.223 e. The van der Waals surface area contributed by atoms with Gasteiger partial charge in [0.25, 0.3) is 0 Å². The van der Waals surface area contributed by atoms with E-state index >= 15 is 0 Å². The van der Waals surface area contributed by atoms with Crippen LogP contribution < -0.4 is 5.32 Å². The minimum atomic E-state index is -2.82. The van der Waals surface area contributed by atoms with Crippen molar-refractivity contribution in [2.45, 2.75) is 69.9 Å². The molecule has 2 heterocycles. The Morgan fingerprint density at radius 2 is 1.57 bits per heavy atom. The summed E-state index contributed by atoms with van der Waals surface area (Å²) in [7, 11) is -2.82. The molecule has 23 heavy (non-hydrogen) atoms. The molecule has 3 fully saturated rings. The molecule has 5 nitrogen and oxygen atoms in total. The third-order valence-electron chi connectivity index (χ3n) is 5.83. The number of sulfone groups is 1. The van der Waals surface area contributed by atoms with Crippen molar-refractivity contribution >= 4 is 15.7 Å². The molecule has 0 aromatic rings. The van der Waals surface area contributed by atoms with Crippen LogP contribution in [0.3, 0.4) is 0 Å². The second kappa shape index (κ2) is 7.51. The third kappa shape index (κ3) is 4.69. The summed E-state index contributed by atoms with van der Waals surface area (Å²) in [5.41, 5.74) is 0. The summed E-state index contributed by atoms with van der Waals surface area (Å²) >= 11 is 0. The molecule has 0 spiro atoms. The quantitative estimate of drug-likeness (QED) is 0.793. The van der Waals surface area contributed by atoms with Gasteiger partial charge in [0, 0.05) is 18.0 Å². The lowest BCUT2D eigenvalue weighted by Gasteiger charge is -2.35. The van der Waals surface area contributed by atoms with Crippen LogP contribution in [0.25, 0.3) is 0 Å². The van der Waals surface area contributed by atoms with E-state index in [1.165, 1.54) is 25.7 Å². The van der Waals surface area contributed by atoms with Gasteiger partial charge in [-0.3, -0.25) is 9.69 Å². The molecule has 0 bridgehead atoms. The minimum Gasteiger partial charge on any atom is -0.353 e. The van der Waals surface area contributed by atoms with Gasteiger partial charge in [-0.2, -0.15) is 0 Å². The molecule has 132 valence electrons. The van der Waals surface area contributed by atoms with Gasteiger partial charge in [-0.15, -0.1) is 0 Å². The highest BCUT2D eigenvalue weighted by Crippen LogP contribution is 2.25. The first-order valence-electron chi connectivity index (χ1n) is 9.28. The molecule has 1 aliphatic carbocycles. The van der Waals surface area contributed by atoms with Crippen LogP contribution in [0.1, 0.15) is 57.8 Å². The van der Waals surface area contributed by atoms with Gasteiger partial charge in [-0.25, -0.2) is 8.42 Å². The molecule has 6 heteroatoms. The van der Waals surface area contributed by atoms with E-state index in [-0.39, 0.29) is 17.9 Å². The second-order valence-corrected chi connectivity index (χ2v) is 9.79. The molecule has 1 amide bonds. The molecular formula is C17H30N2O3S. The largest absolute Gasteiger partial charge is 0.353 e. The van der Waals surface area contributed by atoms with Crippen molar-refractivity contribution in [2.75, 3.05) is 24.6 Å². The van der Waals surface area contributed by atoms with Crippen LogP contribution in [0, 0.1) is 5.92 Å². The number of nitrogens with one attached hydrogen (secondary N) is 1. The number of hydrogen-bond donors (Lipinski definition) is 1. The van der Waals surface area contributed by atoms with Crippen LogP contribution in [0.5, 0.6) is 0 Å². The van der Waals surface area contributed by atoms with E-state index in [0.717, 1.165) is 45.2 Å². The van der Waals surface area contributed by atoms with E-state index in [2.05, 4.69) is 10.2 Å². The fourth-order valence-corrected chi connectivity index (χ4v) is 6.09. The Morgan fingerprint density at radius 3 is 2.13 bits per heavy atom. The molecule has 2 aliphatic heterocycles. The van der Waals surface area contributed by atoms with Gasteiger partial charge in [-0.1, -0.05) is 25.7 Å². The summed E-state index contributed by atoms with van der Waals surface area (Å²) in [6, 6.07) is 0.564. The van der Waals surface area contributed by atoms with Crippen LogP contribution in [0.4, 0.5) is 0 Å². The van der Waals surface area contributed by atoms with E-state index in [1.807, 2.05) is 0 Å². The first kappa shape index (κ1) is 17.2. The SMILES string of the molecule is O=C(NC1CCCCCC1)C1CCN([C@@H]2CCS(=O)(=O)C2)CC1. The highest BCUT2D eigenvalue weighted by Gasteiger charge is 2.35. The predicted molar refractivity (Wildman–Crippen MR) is 91.0 cm³/mol. The fourth-order valence-electron chi connectivity index (χ4n) is 4.33. The first-order valence-corrected chi connectivity index (χ1v) is 11.1. The number of piperidine rings is 1. The summed E-state index contributed by atoms with van der Waals surface area (Å²) < 4.78 is 23.2. The Kier molecular flexibility index (Phi) is 5.62. The minimum absolute atomic E-state index is 0.118. The highest BCUT2D eigenvalue weighted by atomic mass is 32.2. The Labute approximate surface area is 140 Å². The van der Waals surface area contributed by atoms with Crippen LogP contribution in [0.15, 0.2) is 0 Å². The molecule has 1 N–H and O–H groups in total. The van der Waals surface area contributed by atoms with Crippen LogP contribution in [-0.4, -0.2) is 55.9 Å². The number of amides is 1. The molecule has 0 unspecified atom stereocenters. The second-order valence-electron chi connectivity index (χ2n) is 7.56. The van der Waals surface area contributed by atoms with Gasteiger partial charge in [0.1, 0.15) is 0 Å². The maximum atomic E-state index is 12.5. The normalized spacial score (nSPS) is 30.9. The summed E-state index contributed by atoms with van der Waals surface area (Å²) in [5.74, 6) is 0.995. The monoisotopic (exact) mass is 342 g/mol. The summed E-state index contributed by atoms with van der Waals surface area (Å²) in [6.07, 6.45) is 9.84. The molecule has 1 atom stereocenters.